The lowest BCUT2D eigenvalue weighted by Gasteiger charge is -2.27. The number of aromatic nitrogens is 2. The predicted molar refractivity (Wildman–Crippen MR) is 115 cm³/mol. The number of benzene rings is 2. The normalized spacial score (nSPS) is 19.0. The van der Waals surface area contributed by atoms with Crippen molar-refractivity contribution in [2.45, 2.75) is 18.5 Å². The molecule has 3 heterocycles. The molecule has 4 aromatic rings. The second kappa shape index (κ2) is 6.58. The largest absolute Gasteiger partial charge is 0.361 e. The van der Waals surface area contributed by atoms with Crippen LogP contribution in [0.4, 0.5) is 5.69 Å². The summed E-state index contributed by atoms with van der Waals surface area (Å²) in [5, 5.41) is 8.89. The van der Waals surface area contributed by atoms with Crippen molar-refractivity contribution in [1.29, 1.82) is 0 Å². The molecule has 6 N–H and O–H groups in total. The number of nitrogens with zero attached hydrogens (tertiary/aromatic N) is 1. The van der Waals surface area contributed by atoms with E-state index in [2.05, 4.69) is 45.0 Å². The molecular formula is C22H22N6. The second-order valence-corrected chi connectivity index (χ2v) is 7.16. The Kier molecular flexibility index (Phi) is 3.91. The summed E-state index contributed by atoms with van der Waals surface area (Å²) in [6.07, 6.45) is 9.34. The number of aryl methyl sites for hydroxylation is 1. The molecule has 6 nitrogen and oxygen atoms in total. The third-order valence-corrected chi connectivity index (χ3v) is 5.23. The molecule has 5 rings (SSSR count). The third kappa shape index (κ3) is 3.04. The highest BCUT2D eigenvalue weighted by Gasteiger charge is 2.24. The van der Waals surface area contributed by atoms with Crippen LogP contribution in [0.15, 0.2) is 78.2 Å². The number of nitrogens with one attached hydrogen (secondary N) is 4. The van der Waals surface area contributed by atoms with E-state index in [9.17, 15) is 0 Å². The molecule has 0 radical (unpaired) electrons. The summed E-state index contributed by atoms with van der Waals surface area (Å²) in [4.78, 5) is 11.3. The minimum absolute atomic E-state index is 0.651. The van der Waals surface area contributed by atoms with Gasteiger partial charge in [0, 0.05) is 40.4 Å². The van der Waals surface area contributed by atoms with Crippen LogP contribution in [0.25, 0.3) is 21.8 Å². The Morgan fingerprint density at radius 2 is 1.82 bits per heavy atom. The van der Waals surface area contributed by atoms with E-state index in [-0.39, 0.29) is 0 Å². The van der Waals surface area contributed by atoms with Crippen LogP contribution in [0.3, 0.4) is 0 Å². The lowest BCUT2D eigenvalue weighted by molar-refractivity contribution is 0.502. The second-order valence-electron chi connectivity index (χ2n) is 7.16. The van der Waals surface area contributed by atoms with Crippen LogP contribution in [0.1, 0.15) is 12.0 Å². The molecule has 28 heavy (non-hydrogen) atoms. The monoisotopic (exact) mass is 370 g/mol. The highest BCUT2D eigenvalue weighted by Crippen LogP contribution is 2.25. The zero-order valence-corrected chi connectivity index (χ0v) is 15.4. The van der Waals surface area contributed by atoms with Gasteiger partial charge in [-0.25, -0.2) is 4.99 Å². The summed E-state index contributed by atoms with van der Waals surface area (Å²) in [5.41, 5.74) is 10.3. The summed E-state index contributed by atoms with van der Waals surface area (Å²) in [6, 6.07) is 16.4. The van der Waals surface area contributed by atoms with Crippen LogP contribution < -0.4 is 16.4 Å². The standard InChI is InChI=1S/C22H22N6/c23-22(10-8-15-14-26-18-5-2-1-4-16(15)18)11-13-25-21(28-22)27-20-7-3-6-19-17(20)9-12-24-19/h1-7,9,11-14,24,26H,8,10,23H2,(H2,25,27,28). The van der Waals surface area contributed by atoms with Gasteiger partial charge in [-0.2, -0.15) is 0 Å². The van der Waals surface area contributed by atoms with Crippen LogP contribution >= 0.6 is 0 Å². The molecule has 1 atom stereocenters. The number of para-hydroxylation sites is 1. The third-order valence-electron chi connectivity index (χ3n) is 5.23. The van der Waals surface area contributed by atoms with E-state index in [0.29, 0.717) is 12.4 Å². The number of H-pyrrole nitrogens is 2. The molecule has 2 aromatic heterocycles. The Morgan fingerprint density at radius 3 is 2.79 bits per heavy atom. The number of aliphatic imine (C=N–C) groups is 1. The molecule has 0 aliphatic carbocycles. The number of hydrogen-bond acceptors (Lipinski definition) is 4. The summed E-state index contributed by atoms with van der Waals surface area (Å²) < 4.78 is 0. The van der Waals surface area contributed by atoms with Crippen LogP contribution in [0.5, 0.6) is 0 Å². The van der Waals surface area contributed by atoms with Crippen molar-refractivity contribution in [3.05, 3.63) is 78.8 Å². The van der Waals surface area contributed by atoms with E-state index in [1.165, 1.54) is 10.9 Å². The first-order valence-corrected chi connectivity index (χ1v) is 9.41. The first-order chi connectivity index (χ1) is 13.7. The van der Waals surface area contributed by atoms with Crippen molar-refractivity contribution in [3.8, 4) is 0 Å². The van der Waals surface area contributed by atoms with Crippen LogP contribution in [0, 0.1) is 0 Å². The molecule has 0 fully saturated rings. The van der Waals surface area contributed by atoms with Gasteiger partial charge >= 0.3 is 0 Å². The molecule has 1 aliphatic heterocycles. The number of fused-ring (bicyclic) bond motifs is 2. The zero-order chi connectivity index (χ0) is 19.0. The molecule has 1 aliphatic rings. The van der Waals surface area contributed by atoms with Gasteiger partial charge in [-0.05, 0) is 48.7 Å². The van der Waals surface area contributed by atoms with E-state index in [4.69, 9.17) is 10.7 Å². The Hall–Kier alpha value is -3.51. The summed E-state index contributed by atoms with van der Waals surface area (Å²) in [5.74, 6) is 0.651. The minimum Gasteiger partial charge on any atom is -0.361 e. The number of rotatable bonds is 4. The number of nitrogens with two attached hydrogens (primary N) is 1. The summed E-state index contributed by atoms with van der Waals surface area (Å²) in [6.45, 7) is 0. The Bertz CT molecular complexity index is 1200. The van der Waals surface area contributed by atoms with Gasteiger partial charge in [0.15, 0.2) is 0 Å². The molecule has 0 saturated heterocycles. The van der Waals surface area contributed by atoms with E-state index in [1.807, 2.05) is 48.8 Å². The SMILES string of the molecule is NC1(CCc2c[nH]c3ccccc23)C=CNC(Nc2cccc3[nH]ccc23)=N1. The Balaban J connectivity index is 1.35. The van der Waals surface area contributed by atoms with Crippen LogP contribution in [-0.4, -0.2) is 21.6 Å². The minimum atomic E-state index is -0.752. The van der Waals surface area contributed by atoms with Gasteiger partial charge in [0.1, 0.15) is 5.66 Å². The average Bonchev–Trinajstić information content (AvgIpc) is 3.34. The first-order valence-electron chi connectivity index (χ1n) is 9.41. The maximum absolute atomic E-state index is 6.59. The van der Waals surface area contributed by atoms with Gasteiger partial charge in [0.2, 0.25) is 5.96 Å². The van der Waals surface area contributed by atoms with Gasteiger partial charge in [-0.3, -0.25) is 0 Å². The molecule has 6 heteroatoms. The van der Waals surface area contributed by atoms with Gasteiger partial charge in [-0.1, -0.05) is 24.3 Å². The molecule has 140 valence electrons. The van der Waals surface area contributed by atoms with Gasteiger partial charge in [-0.15, -0.1) is 0 Å². The van der Waals surface area contributed by atoms with Crippen LogP contribution in [-0.2, 0) is 6.42 Å². The topological polar surface area (TPSA) is 94.0 Å². The number of guanidine groups is 1. The molecular weight excluding hydrogens is 348 g/mol. The van der Waals surface area contributed by atoms with Crippen molar-refractivity contribution in [3.63, 3.8) is 0 Å². The molecule has 0 spiro atoms. The lowest BCUT2D eigenvalue weighted by Crippen LogP contribution is -2.44. The van der Waals surface area contributed by atoms with E-state index >= 15 is 0 Å². The van der Waals surface area contributed by atoms with Gasteiger partial charge in [0.25, 0.3) is 0 Å². The molecule has 2 aromatic carbocycles. The van der Waals surface area contributed by atoms with Crippen molar-refractivity contribution >= 4 is 33.5 Å². The van der Waals surface area contributed by atoms with Crippen molar-refractivity contribution in [1.82, 2.24) is 15.3 Å². The van der Waals surface area contributed by atoms with Crippen LogP contribution in [0.2, 0.25) is 0 Å². The Labute approximate surface area is 162 Å². The van der Waals surface area contributed by atoms with E-state index in [1.54, 1.807) is 0 Å². The maximum Gasteiger partial charge on any atom is 0.202 e. The smallest absolute Gasteiger partial charge is 0.202 e. The summed E-state index contributed by atoms with van der Waals surface area (Å²) >= 11 is 0. The molecule has 1 unspecified atom stereocenters. The zero-order valence-electron chi connectivity index (χ0n) is 15.4. The number of aromatic amines is 2. The fourth-order valence-electron chi connectivity index (χ4n) is 3.74. The summed E-state index contributed by atoms with van der Waals surface area (Å²) in [7, 11) is 0. The van der Waals surface area contributed by atoms with Crippen molar-refractivity contribution in [2.75, 3.05) is 5.32 Å². The number of anilines is 1. The lowest BCUT2D eigenvalue weighted by atomic mass is 10.00. The van der Waals surface area contributed by atoms with Crippen molar-refractivity contribution < 1.29 is 0 Å². The highest BCUT2D eigenvalue weighted by molar-refractivity contribution is 6.03. The first kappa shape index (κ1) is 16.6. The fourth-order valence-corrected chi connectivity index (χ4v) is 3.74. The van der Waals surface area contributed by atoms with Gasteiger partial charge < -0.3 is 26.3 Å². The van der Waals surface area contributed by atoms with E-state index in [0.717, 1.165) is 28.5 Å². The highest BCUT2D eigenvalue weighted by atomic mass is 15.2. The molecule has 0 amide bonds. The molecule has 0 saturated carbocycles. The van der Waals surface area contributed by atoms with Gasteiger partial charge in [0.05, 0.1) is 5.69 Å². The Morgan fingerprint density at radius 1 is 0.964 bits per heavy atom. The van der Waals surface area contributed by atoms with Crippen molar-refractivity contribution in [2.24, 2.45) is 10.7 Å². The predicted octanol–water partition coefficient (Wildman–Crippen LogP) is 3.82. The average molecular weight is 370 g/mol. The quantitative estimate of drug-likeness (QED) is 0.378. The maximum atomic E-state index is 6.59. The molecule has 0 bridgehead atoms. The van der Waals surface area contributed by atoms with E-state index < -0.39 is 5.66 Å². The number of hydrogen-bond donors (Lipinski definition) is 5. The fraction of sp³-hybridized carbons (Fsp3) is 0.136.